The number of nitrogens with one attached hydrogen (secondary N) is 3. The van der Waals surface area contributed by atoms with E-state index in [9.17, 15) is 9.59 Å². The number of rotatable bonds is 6. The molecule has 10 heteroatoms. The second kappa shape index (κ2) is 7.62. The summed E-state index contributed by atoms with van der Waals surface area (Å²) in [4.78, 5) is 34.2. The molecule has 2 amide bonds. The van der Waals surface area contributed by atoms with Crippen molar-refractivity contribution in [2.75, 3.05) is 11.9 Å². The van der Waals surface area contributed by atoms with Crippen LogP contribution in [0.4, 0.5) is 10.6 Å². The van der Waals surface area contributed by atoms with E-state index in [1.807, 2.05) is 24.3 Å². The number of carbonyl (C=O) groups excluding carboxylic acids is 1. The first kappa shape index (κ1) is 18.6. The fourth-order valence-electron chi connectivity index (χ4n) is 2.59. The highest BCUT2D eigenvalue weighted by atomic mass is 79.9. The van der Waals surface area contributed by atoms with Crippen molar-refractivity contribution in [2.24, 2.45) is 5.73 Å². The van der Waals surface area contributed by atoms with Gasteiger partial charge in [0.2, 0.25) is 0 Å². The van der Waals surface area contributed by atoms with Gasteiger partial charge in [0.25, 0.3) is 5.91 Å². The first-order valence-corrected chi connectivity index (χ1v) is 8.81. The SMILES string of the molecule is CC(CNc1cnc(C(N)=O)c(-c2cc3cc(Br)ccc3[nH]2)n1)NC(=O)O. The Hall–Kier alpha value is -3.14. The second-order valence-electron chi connectivity index (χ2n) is 5.96. The van der Waals surface area contributed by atoms with E-state index in [-0.39, 0.29) is 11.7 Å². The van der Waals surface area contributed by atoms with Crippen LogP contribution in [0.1, 0.15) is 17.4 Å². The van der Waals surface area contributed by atoms with Gasteiger partial charge in [-0.1, -0.05) is 15.9 Å². The maximum atomic E-state index is 11.8. The topological polar surface area (TPSA) is 146 Å². The number of H-pyrrole nitrogens is 1. The third-order valence-electron chi connectivity index (χ3n) is 3.80. The molecule has 0 saturated heterocycles. The average molecular weight is 433 g/mol. The van der Waals surface area contributed by atoms with Crippen molar-refractivity contribution >= 4 is 44.7 Å². The van der Waals surface area contributed by atoms with Crippen molar-refractivity contribution < 1.29 is 14.7 Å². The highest BCUT2D eigenvalue weighted by molar-refractivity contribution is 9.10. The molecule has 0 aliphatic rings. The lowest BCUT2D eigenvalue weighted by atomic mass is 10.2. The van der Waals surface area contributed by atoms with Crippen LogP contribution < -0.4 is 16.4 Å². The van der Waals surface area contributed by atoms with E-state index >= 15 is 0 Å². The molecule has 9 nitrogen and oxygen atoms in total. The van der Waals surface area contributed by atoms with E-state index in [2.05, 4.69) is 41.5 Å². The molecule has 1 unspecified atom stereocenters. The molecule has 0 spiro atoms. The maximum absolute atomic E-state index is 11.8. The van der Waals surface area contributed by atoms with Crippen molar-refractivity contribution in [1.29, 1.82) is 0 Å². The molecule has 0 fully saturated rings. The molecule has 1 atom stereocenters. The number of aromatic amines is 1. The summed E-state index contributed by atoms with van der Waals surface area (Å²) in [6, 6.07) is 7.26. The Bertz CT molecular complexity index is 1020. The Labute approximate surface area is 162 Å². The molecule has 0 radical (unpaired) electrons. The smallest absolute Gasteiger partial charge is 0.404 e. The first-order valence-electron chi connectivity index (χ1n) is 8.02. The normalized spacial score (nSPS) is 11.9. The quantitative estimate of drug-likeness (QED) is 0.404. The highest BCUT2D eigenvalue weighted by Gasteiger charge is 2.17. The van der Waals surface area contributed by atoms with E-state index in [0.29, 0.717) is 23.8 Å². The lowest BCUT2D eigenvalue weighted by Gasteiger charge is -2.13. The van der Waals surface area contributed by atoms with Crippen molar-refractivity contribution in [1.82, 2.24) is 20.3 Å². The zero-order chi connectivity index (χ0) is 19.6. The standard InChI is InChI=1S/C17H17BrN6O3/c1-8(22-17(26)27)6-20-13-7-21-15(16(19)25)14(24-13)12-5-9-4-10(18)2-3-11(9)23-12/h2-5,7-8,22-23H,6H2,1H3,(H2,19,25)(H,20,24)(H,26,27). The van der Waals surface area contributed by atoms with Crippen LogP contribution in [0.25, 0.3) is 22.3 Å². The number of nitrogens with two attached hydrogens (primary N) is 1. The van der Waals surface area contributed by atoms with Gasteiger partial charge in [0.05, 0.1) is 11.9 Å². The number of fused-ring (bicyclic) bond motifs is 1. The summed E-state index contributed by atoms with van der Waals surface area (Å²) in [5.74, 6) is -0.293. The van der Waals surface area contributed by atoms with Crippen LogP contribution in [0.15, 0.2) is 34.9 Å². The van der Waals surface area contributed by atoms with Gasteiger partial charge in [-0.05, 0) is 31.2 Å². The Balaban J connectivity index is 1.94. The van der Waals surface area contributed by atoms with Crippen LogP contribution in [0, 0.1) is 0 Å². The number of amides is 2. The number of hydrogen-bond donors (Lipinski definition) is 5. The molecular formula is C17H17BrN6O3. The lowest BCUT2D eigenvalue weighted by molar-refractivity contribution is 0.0996. The second-order valence-corrected chi connectivity index (χ2v) is 6.88. The number of aromatic nitrogens is 3. The van der Waals surface area contributed by atoms with Gasteiger partial charge in [-0.3, -0.25) is 4.79 Å². The molecule has 3 aromatic rings. The summed E-state index contributed by atoms with van der Waals surface area (Å²) in [6.07, 6.45) is 0.278. The minimum absolute atomic E-state index is 0.0443. The van der Waals surface area contributed by atoms with Crippen LogP contribution in [0.3, 0.4) is 0 Å². The summed E-state index contributed by atoms with van der Waals surface area (Å²) in [5, 5.41) is 15.0. The van der Waals surface area contributed by atoms with Gasteiger partial charge >= 0.3 is 6.09 Å². The van der Waals surface area contributed by atoms with E-state index in [1.54, 1.807) is 6.92 Å². The van der Waals surface area contributed by atoms with Crippen LogP contribution in [0.2, 0.25) is 0 Å². The monoisotopic (exact) mass is 432 g/mol. The minimum Gasteiger partial charge on any atom is -0.465 e. The van der Waals surface area contributed by atoms with Gasteiger partial charge < -0.3 is 26.5 Å². The molecule has 0 bridgehead atoms. The molecule has 2 heterocycles. The molecule has 27 heavy (non-hydrogen) atoms. The summed E-state index contributed by atoms with van der Waals surface area (Å²) in [6.45, 7) is 2.01. The third kappa shape index (κ3) is 4.34. The van der Waals surface area contributed by atoms with Gasteiger partial charge in [0, 0.05) is 28.0 Å². The van der Waals surface area contributed by atoms with Gasteiger partial charge in [-0.15, -0.1) is 0 Å². The van der Waals surface area contributed by atoms with Gasteiger partial charge in [0.15, 0.2) is 5.69 Å². The third-order valence-corrected chi connectivity index (χ3v) is 4.30. The zero-order valence-electron chi connectivity index (χ0n) is 14.3. The number of benzene rings is 1. The van der Waals surface area contributed by atoms with Crippen molar-refractivity contribution in [3.63, 3.8) is 0 Å². The Morgan fingerprint density at radius 3 is 2.85 bits per heavy atom. The van der Waals surface area contributed by atoms with Gasteiger partial charge in [-0.25, -0.2) is 14.8 Å². The number of hydrogen-bond acceptors (Lipinski definition) is 5. The first-order chi connectivity index (χ1) is 12.8. The fraction of sp³-hybridized carbons (Fsp3) is 0.176. The molecule has 2 aromatic heterocycles. The maximum Gasteiger partial charge on any atom is 0.404 e. The van der Waals surface area contributed by atoms with Crippen molar-refractivity contribution in [3.8, 4) is 11.4 Å². The van der Waals surface area contributed by atoms with E-state index < -0.39 is 12.0 Å². The molecule has 0 aliphatic carbocycles. The number of anilines is 1. The molecule has 0 aliphatic heterocycles. The summed E-state index contributed by atoms with van der Waals surface area (Å²) >= 11 is 3.42. The largest absolute Gasteiger partial charge is 0.465 e. The number of primary amides is 1. The molecular weight excluding hydrogens is 416 g/mol. The molecule has 3 rings (SSSR count). The molecule has 1 aromatic carbocycles. The Morgan fingerprint density at radius 1 is 1.37 bits per heavy atom. The van der Waals surface area contributed by atoms with Gasteiger partial charge in [-0.2, -0.15) is 0 Å². The van der Waals surface area contributed by atoms with E-state index in [0.717, 1.165) is 15.4 Å². The predicted molar refractivity (Wildman–Crippen MR) is 105 cm³/mol. The average Bonchev–Trinajstić information content (AvgIpc) is 3.02. The molecule has 6 N–H and O–H groups in total. The molecule has 140 valence electrons. The lowest BCUT2D eigenvalue weighted by Crippen LogP contribution is -2.36. The summed E-state index contributed by atoms with van der Waals surface area (Å²) in [5.41, 5.74) is 7.28. The van der Waals surface area contributed by atoms with Crippen LogP contribution in [0.5, 0.6) is 0 Å². The van der Waals surface area contributed by atoms with Crippen molar-refractivity contribution in [2.45, 2.75) is 13.0 Å². The minimum atomic E-state index is -1.11. The van der Waals surface area contributed by atoms with Crippen LogP contribution in [-0.2, 0) is 0 Å². The summed E-state index contributed by atoms with van der Waals surface area (Å²) < 4.78 is 0.928. The van der Waals surface area contributed by atoms with E-state index in [4.69, 9.17) is 10.8 Å². The number of carbonyl (C=O) groups is 2. The number of carboxylic acid groups (broad SMARTS) is 1. The Morgan fingerprint density at radius 2 is 2.15 bits per heavy atom. The number of halogens is 1. The van der Waals surface area contributed by atoms with Crippen LogP contribution >= 0.6 is 15.9 Å². The zero-order valence-corrected chi connectivity index (χ0v) is 15.9. The van der Waals surface area contributed by atoms with Crippen LogP contribution in [-0.4, -0.2) is 44.6 Å². The summed E-state index contributed by atoms with van der Waals surface area (Å²) in [7, 11) is 0. The highest BCUT2D eigenvalue weighted by Crippen LogP contribution is 2.27. The Kier molecular flexibility index (Phi) is 5.26. The number of nitrogens with zero attached hydrogens (tertiary/aromatic N) is 2. The predicted octanol–water partition coefficient (Wildman–Crippen LogP) is 2.55. The fourth-order valence-corrected chi connectivity index (χ4v) is 2.97. The van der Waals surface area contributed by atoms with Gasteiger partial charge in [0.1, 0.15) is 11.5 Å². The van der Waals surface area contributed by atoms with Crippen molar-refractivity contribution in [3.05, 3.63) is 40.6 Å². The molecule has 0 saturated carbocycles. The van der Waals surface area contributed by atoms with E-state index in [1.165, 1.54) is 6.20 Å².